The second kappa shape index (κ2) is 7.85. The van der Waals surface area contributed by atoms with Crippen molar-refractivity contribution in [2.75, 3.05) is 13.7 Å². The summed E-state index contributed by atoms with van der Waals surface area (Å²) in [7, 11) is 1.22. The van der Waals surface area contributed by atoms with E-state index in [9.17, 15) is 9.59 Å². The lowest BCUT2D eigenvalue weighted by Gasteiger charge is -2.10. The molecule has 0 saturated carbocycles. The van der Waals surface area contributed by atoms with E-state index >= 15 is 0 Å². The molecular formula is C16H12Cl2O5. The highest BCUT2D eigenvalue weighted by atomic mass is 35.5. The molecule has 7 heteroatoms. The molecule has 0 unspecified atom stereocenters. The van der Waals surface area contributed by atoms with Gasteiger partial charge in [-0.1, -0.05) is 23.2 Å². The number of halogens is 2. The van der Waals surface area contributed by atoms with Crippen molar-refractivity contribution in [3.63, 3.8) is 0 Å². The van der Waals surface area contributed by atoms with E-state index in [2.05, 4.69) is 4.74 Å². The third-order valence-corrected chi connectivity index (χ3v) is 3.23. The van der Waals surface area contributed by atoms with Crippen molar-refractivity contribution < 1.29 is 23.8 Å². The SMILES string of the molecule is COC(=O)c1cc(Cl)ccc1OC(=O)COc1ccc(Cl)cc1. The summed E-state index contributed by atoms with van der Waals surface area (Å²) < 4.78 is 15.0. The molecule has 0 saturated heterocycles. The zero-order valence-corrected chi connectivity index (χ0v) is 13.6. The van der Waals surface area contributed by atoms with Gasteiger partial charge in [0.15, 0.2) is 6.61 Å². The minimum Gasteiger partial charge on any atom is -0.482 e. The van der Waals surface area contributed by atoms with E-state index < -0.39 is 11.9 Å². The molecule has 0 radical (unpaired) electrons. The van der Waals surface area contributed by atoms with Crippen molar-refractivity contribution in [1.29, 1.82) is 0 Å². The van der Waals surface area contributed by atoms with Crippen molar-refractivity contribution in [3.05, 3.63) is 58.1 Å². The topological polar surface area (TPSA) is 61.8 Å². The van der Waals surface area contributed by atoms with Gasteiger partial charge in [-0.25, -0.2) is 9.59 Å². The molecule has 0 aliphatic rings. The van der Waals surface area contributed by atoms with Gasteiger partial charge >= 0.3 is 11.9 Å². The van der Waals surface area contributed by atoms with Crippen LogP contribution in [0.2, 0.25) is 10.0 Å². The predicted molar refractivity (Wildman–Crippen MR) is 85.4 cm³/mol. The lowest BCUT2D eigenvalue weighted by molar-refractivity contribution is -0.136. The Morgan fingerprint density at radius 2 is 1.65 bits per heavy atom. The summed E-state index contributed by atoms with van der Waals surface area (Å²) in [6.07, 6.45) is 0. The lowest BCUT2D eigenvalue weighted by atomic mass is 10.2. The summed E-state index contributed by atoms with van der Waals surface area (Å²) in [5.74, 6) is -0.817. The van der Waals surface area contributed by atoms with Gasteiger partial charge in [0.25, 0.3) is 0 Å². The van der Waals surface area contributed by atoms with Crippen LogP contribution >= 0.6 is 23.2 Å². The Kier molecular flexibility index (Phi) is 5.84. The van der Waals surface area contributed by atoms with Gasteiger partial charge in [0, 0.05) is 10.0 Å². The van der Waals surface area contributed by atoms with Crippen LogP contribution in [-0.4, -0.2) is 25.7 Å². The van der Waals surface area contributed by atoms with Gasteiger partial charge in [-0.2, -0.15) is 0 Å². The minimum atomic E-state index is -0.674. The van der Waals surface area contributed by atoms with Crippen LogP contribution in [0.5, 0.6) is 11.5 Å². The number of hydrogen-bond acceptors (Lipinski definition) is 5. The van der Waals surface area contributed by atoms with Crippen LogP contribution in [0, 0.1) is 0 Å². The summed E-state index contributed by atoms with van der Waals surface area (Å²) in [5, 5.41) is 0.881. The van der Waals surface area contributed by atoms with E-state index in [1.165, 1.54) is 25.3 Å². The van der Waals surface area contributed by atoms with Gasteiger partial charge in [-0.3, -0.25) is 0 Å². The molecule has 0 fully saturated rings. The van der Waals surface area contributed by atoms with Crippen molar-refractivity contribution in [2.24, 2.45) is 0 Å². The molecule has 23 heavy (non-hydrogen) atoms. The number of esters is 2. The quantitative estimate of drug-likeness (QED) is 0.604. The number of hydrogen-bond donors (Lipinski definition) is 0. The van der Waals surface area contributed by atoms with Crippen molar-refractivity contribution in [2.45, 2.75) is 0 Å². The zero-order chi connectivity index (χ0) is 16.8. The summed E-state index contributed by atoms with van der Waals surface area (Å²) in [6.45, 7) is -0.329. The molecule has 0 bridgehead atoms. The first-order valence-electron chi connectivity index (χ1n) is 6.46. The second-order valence-electron chi connectivity index (χ2n) is 4.35. The minimum absolute atomic E-state index is 0.0472. The summed E-state index contributed by atoms with van der Waals surface area (Å²) in [5.41, 5.74) is 0.0554. The number of carbonyl (C=O) groups is 2. The fourth-order valence-electron chi connectivity index (χ4n) is 1.69. The van der Waals surface area contributed by atoms with Crippen LogP contribution in [0.3, 0.4) is 0 Å². The fraction of sp³-hybridized carbons (Fsp3) is 0.125. The van der Waals surface area contributed by atoms with E-state index in [-0.39, 0.29) is 17.9 Å². The highest BCUT2D eigenvalue weighted by Gasteiger charge is 2.17. The molecule has 2 aromatic rings. The molecule has 0 aliphatic carbocycles. The third kappa shape index (κ3) is 4.87. The summed E-state index contributed by atoms with van der Waals surface area (Å²) >= 11 is 11.6. The van der Waals surface area contributed by atoms with Gasteiger partial charge < -0.3 is 14.2 Å². The molecule has 0 aromatic heterocycles. The Bertz CT molecular complexity index is 713. The van der Waals surface area contributed by atoms with Gasteiger partial charge in [0.1, 0.15) is 17.1 Å². The molecule has 0 N–H and O–H groups in total. The maximum absolute atomic E-state index is 11.8. The van der Waals surface area contributed by atoms with Gasteiger partial charge in [0.2, 0.25) is 0 Å². The average Bonchev–Trinajstić information content (AvgIpc) is 2.55. The Labute approximate surface area is 142 Å². The Morgan fingerprint density at radius 3 is 2.30 bits per heavy atom. The first-order chi connectivity index (χ1) is 11.0. The molecular weight excluding hydrogens is 343 g/mol. The number of ether oxygens (including phenoxy) is 3. The van der Waals surface area contributed by atoms with E-state index in [4.69, 9.17) is 32.7 Å². The maximum atomic E-state index is 11.8. The zero-order valence-electron chi connectivity index (χ0n) is 12.0. The molecule has 0 amide bonds. The Balaban J connectivity index is 2.02. The molecule has 0 spiro atoms. The molecule has 0 atom stereocenters. The monoisotopic (exact) mass is 354 g/mol. The molecule has 0 heterocycles. The maximum Gasteiger partial charge on any atom is 0.349 e. The Morgan fingerprint density at radius 1 is 1.00 bits per heavy atom. The molecule has 120 valence electrons. The Hall–Kier alpha value is -2.24. The van der Waals surface area contributed by atoms with Crippen molar-refractivity contribution in [1.82, 2.24) is 0 Å². The standard InChI is InChI=1S/C16H12Cl2O5/c1-21-16(20)13-8-11(18)4-7-14(13)23-15(19)9-22-12-5-2-10(17)3-6-12/h2-8H,9H2,1H3. The first kappa shape index (κ1) is 17.1. The van der Waals surface area contributed by atoms with Crippen molar-refractivity contribution in [3.8, 4) is 11.5 Å². The average molecular weight is 355 g/mol. The highest BCUT2D eigenvalue weighted by Crippen LogP contribution is 2.24. The van der Waals surface area contributed by atoms with Gasteiger partial charge in [-0.05, 0) is 42.5 Å². The van der Waals surface area contributed by atoms with E-state index in [0.717, 1.165) is 0 Å². The largest absolute Gasteiger partial charge is 0.482 e. The van der Waals surface area contributed by atoms with Crippen LogP contribution in [0.4, 0.5) is 0 Å². The van der Waals surface area contributed by atoms with E-state index in [1.807, 2.05) is 0 Å². The van der Waals surface area contributed by atoms with Crippen LogP contribution in [0.25, 0.3) is 0 Å². The lowest BCUT2D eigenvalue weighted by Crippen LogP contribution is -2.19. The normalized spacial score (nSPS) is 10.0. The smallest absolute Gasteiger partial charge is 0.349 e. The van der Waals surface area contributed by atoms with E-state index in [0.29, 0.717) is 15.8 Å². The van der Waals surface area contributed by atoms with Crippen LogP contribution in [0.15, 0.2) is 42.5 Å². The first-order valence-corrected chi connectivity index (χ1v) is 7.22. The van der Waals surface area contributed by atoms with Crippen LogP contribution in [0.1, 0.15) is 10.4 Å². The molecule has 2 aromatic carbocycles. The van der Waals surface area contributed by atoms with Crippen molar-refractivity contribution >= 4 is 35.1 Å². The third-order valence-electron chi connectivity index (χ3n) is 2.74. The predicted octanol–water partition coefficient (Wildman–Crippen LogP) is 3.76. The second-order valence-corrected chi connectivity index (χ2v) is 5.22. The molecule has 0 aliphatic heterocycles. The highest BCUT2D eigenvalue weighted by molar-refractivity contribution is 6.31. The van der Waals surface area contributed by atoms with E-state index in [1.54, 1.807) is 24.3 Å². The molecule has 5 nitrogen and oxygen atoms in total. The number of rotatable bonds is 5. The number of benzene rings is 2. The van der Waals surface area contributed by atoms with Gasteiger partial charge in [-0.15, -0.1) is 0 Å². The number of methoxy groups -OCH3 is 1. The summed E-state index contributed by atoms with van der Waals surface area (Å²) in [4.78, 5) is 23.5. The summed E-state index contributed by atoms with van der Waals surface area (Å²) in [6, 6.07) is 10.8. The van der Waals surface area contributed by atoms with Crippen LogP contribution in [-0.2, 0) is 9.53 Å². The van der Waals surface area contributed by atoms with Crippen LogP contribution < -0.4 is 9.47 Å². The van der Waals surface area contributed by atoms with Gasteiger partial charge in [0.05, 0.1) is 7.11 Å². The number of carbonyl (C=O) groups excluding carboxylic acids is 2. The fourth-order valence-corrected chi connectivity index (χ4v) is 1.98. The molecule has 2 rings (SSSR count).